The third-order valence-electron chi connectivity index (χ3n) is 4.94. The van der Waals surface area contributed by atoms with E-state index in [-0.39, 0.29) is 16.9 Å². The second kappa shape index (κ2) is 3.95. The monoisotopic (exact) mass is 291 g/mol. The van der Waals surface area contributed by atoms with Crippen LogP contribution in [0.15, 0.2) is 18.2 Å². The van der Waals surface area contributed by atoms with Crippen LogP contribution in [-0.2, 0) is 0 Å². The molecule has 2 aromatic rings. The van der Waals surface area contributed by atoms with Gasteiger partial charge in [0.05, 0.1) is 16.8 Å². The Balaban J connectivity index is 2.06. The molecule has 1 aromatic heterocycles. The Morgan fingerprint density at radius 2 is 1.85 bits per heavy atom. The molecule has 0 atom stereocenters. The predicted molar refractivity (Wildman–Crippen MR) is 79.3 cm³/mol. The number of aromatic nitrogens is 4. The minimum absolute atomic E-state index is 0.162. The molecule has 6 heteroatoms. The number of tetrazole rings is 1. The summed E-state index contributed by atoms with van der Waals surface area (Å²) >= 11 is 5.96. The maximum atomic E-state index is 5.96. The molecule has 0 spiro atoms. The van der Waals surface area contributed by atoms with Crippen LogP contribution in [0, 0.1) is 10.8 Å². The summed E-state index contributed by atoms with van der Waals surface area (Å²) in [6.45, 7) is 8.94. The van der Waals surface area contributed by atoms with E-state index in [0.29, 0.717) is 10.7 Å². The number of hydrogen-bond donors (Lipinski definition) is 1. The first kappa shape index (κ1) is 13.4. The molecule has 5 nitrogen and oxygen atoms in total. The van der Waals surface area contributed by atoms with Crippen molar-refractivity contribution in [1.29, 1.82) is 0 Å². The molecule has 1 aliphatic carbocycles. The number of nitrogens with zero attached hydrogens (tertiary/aromatic N) is 4. The second-order valence-corrected chi connectivity index (χ2v) is 6.94. The molecular formula is C14H18ClN5. The van der Waals surface area contributed by atoms with Crippen LogP contribution in [-0.4, -0.2) is 20.2 Å². The molecule has 1 saturated carbocycles. The lowest BCUT2D eigenvalue weighted by molar-refractivity contribution is 0.457. The molecule has 0 radical (unpaired) electrons. The smallest absolute Gasteiger partial charge is 0.182 e. The summed E-state index contributed by atoms with van der Waals surface area (Å²) in [5.41, 5.74) is 7.61. The zero-order valence-corrected chi connectivity index (χ0v) is 12.8. The largest absolute Gasteiger partial charge is 0.398 e. The van der Waals surface area contributed by atoms with Gasteiger partial charge in [0, 0.05) is 5.56 Å². The average Bonchev–Trinajstić information content (AvgIpc) is 2.71. The van der Waals surface area contributed by atoms with Crippen LogP contribution in [0.5, 0.6) is 0 Å². The van der Waals surface area contributed by atoms with Crippen LogP contribution in [0.2, 0.25) is 5.02 Å². The zero-order valence-electron chi connectivity index (χ0n) is 12.1. The molecule has 0 saturated heterocycles. The normalized spacial score (nSPS) is 20.1. The molecule has 0 amide bonds. The molecule has 1 fully saturated rings. The molecule has 20 heavy (non-hydrogen) atoms. The molecule has 106 valence electrons. The number of anilines is 1. The van der Waals surface area contributed by atoms with Crippen molar-refractivity contribution in [2.75, 3.05) is 5.73 Å². The highest BCUT2D eigenvalue weighted by atomic mass is 35.5. The lowest BCUT2D eigenvalue weighted by Crippen LogP contribution is -2.06. The van der Waals surface area contributed by atoms with E-state index in [2.05, 4.69) is 43.2 Å². The van der Waals surface area contributed by atoms with E-state index < -0.39 is 0 Å². The SMILES string of the molecule is CC1(C)C(n2nnnc2-c2ccc(Cl)c(N)c2)C1(C)C. The van der Waals surface area contributed by atoms with Crippen molar-refractivity contribution in [3.05, 3.63) is 23.2 Å². The number of nitrogen functional groups attached to an aromatic ring is 1. The Bertz CT molecular complexity index is 660. The molecule has 1 aromatic carbocycles. The van der Waals surface area contributed by atoms with Crippen LogP contribution >= 0.6 is 11.6 Å². The predicted octanol–water partition coefficient (Wildman–Crippen LogP) is 3.18. The van der Waals surface area contributed by atoms with Gasteiger partial charge in [-0.25, -0.2) is 4.68 Å². The summed E-state index contributed by atoms with van der Waals surface area (Å²) in [5.74, 6) is 0.733. The third kappa shape index (κ3) is 1.66. The molecular weight excluding hydrogens is 274 g/mol. The van der Waals surface area contributed by atoms with Crippen LogP contribution in [0.3, 0.4) is 0 Å². The molecule has 2 N–H and O–H groups in total. The van der Waals surface area contributed by atoms with Crippen LogP contribution in [0.4, 0.5) is 5.69 Å². The zero-order chi connectivity index (χ0) is 14.7. The second-order valence-electron chi connectivity index (χ2n) is 6.53. The quantitative estimate of drug-likeness (QED) is 0.863. The molecule has 1 heterocycles. The molecule has 0 aliphatic heterocycles. The van der Waals surface area contributed by atoms with Crippen molar-refractivity contribution in [2.24, 2.45) is 10.8 Å². The third-order valence-corrected chi connectivity index (χ3v) is 5.28. The van der Waals surface area contributed by atoms with Gasteiger partial charge < -0.3 is 5.73 Å². The van der Waals surface area contributed by atoms with Gasteiger partial charge in [-0.2, -0.15) is 0 Å². The number of halogens is 1. The van der Waals surface area contributed by atoms with Gasteiger partial charge in [-0.1, -0.05) is 39.3 Å². The average molecular weight is 292 g/mol. The van der Waals surface area contributed by atoms with E-state index >= 15 is 0 Å². The molecule has 0 unspecified atom stereocenters. The van der Waals surface area contributed by atoms with Gasteiger partial charge in [0.1, 0.15) is 0 Å². The van der Waals surface area contributed by atoms with Crippen molar-refractivity contribution < 1.29 is 0 Å². The van der Waals surface area contributed by atoms with Crippen molar-refractivity contribution in [2.45, 2.75) is 33.7 Å². The fraction of sp³-hybridized carbons (Fsp3) is 0.500. The minimum Gasteiger partial charge on any atom is -0.398 e. The standard InChI is InChI=1S/C14H18ClN5/c1-13(2)12(14(13,3)4)20-11(17-18-19-20)8-5-6-9(15)10(16)7-8/h5-7,12H,16H2,1-4H3. The Labute approximate surface area is 123 Å². The maximum Gasteiger partial charge on any atom is 0.182 e. The Morgan fingerprint density at radius 1 is 1.20 bits per heavy atom. The highest BCUT2D eigenvalue weighted by Crippen LogP contribution is 2.71. The topological polar surface area (TPSA) is 69.6 Å². The van der Waals surface area contributed by atoms with Gasteiger partial charge in [-0.3, -0.25) is 0 Å². The van der Waals surface area contributed by atoms with E-state index in [4.69, 9.17) is 17.3 Å². The first-order valence-corrected chi connectivity index (χ1v) is 6.98. The molecule has 3 rings (SSSR count). The van der Waals surface area contributed by atoms with E-state index in [1.165, 1.54) is 0 Å². The first-order valence-electron chi connectivity index (χ1n) is 6.60. The highest BCUT2D eigenvalue weighted by Gasteiger charge is 2.67. The number of hydrogen-bond acceptors (Lipinski definition) is 4. The van der Waals surface area contributed by atoms with E-state index in [1.807, 2.05) is 16.8 Å². The number of nitrogens with two attached hydrogens (primary N) is 1. The van der Waals surface area contributed by atoms with Gasteiger partial charge in [-0.15, -0.1) is 5.10 Å². The fourth-order valence-corrected chi connectivity index (χ4v) is 3.13. The van der Waals surface area contributed by atoms with Gasteiger partial charge >= 0.3 is 0 Å². The van der Waals surface area contributed by atoms with E-state index in [1.54, 1.807) is 6.07 Å². The van der Waals surface area contributed by atoms with Gasteiger partial charge in [0.15, 0.2) is 5.82 Å². The summed E-state index contributed by atoms with van der Waals surface area (Å²) in [7, 11) is 0. The summed E-state index contributed by atoms with van der Waals surface area (Å²) in [4.78, 5) is 0. The van der Waals surface area contributed by atoms with Crippen LogP contribution < -0.4 is 5.73 Å². The minimum atomic E-state index is 0.162. The molecule has 0 bridgehead atoms. The molecule has 1 aliphatic rings. The fourth-order valence-electron chi connectivity index (χ4n) is 3.01. The van der Waals surface area contributed by atoms with Crippen molar-refractivity contribution in [1.82, 2.24) is 20.2 Å². The number of rotatable bonds is 2. The number of benzene rings is 1. The van der Waals surface area contributed by atoms with E-state index in [9.17, 15) is 0 Å². The van der Waals surface area contributed by atoms with Crippen molar-refractivity contribution in [3.8, 4) is 11.4 Å². The Hall–Kier alpha value is -1.62. The van der Waals surface area contributed by atoms with E-state index in [0.717, 1.165) is 11.4 Å². The van der Waals surface area contributed by atoms with Crippen LogP contribution in [0.1, 0.15) is 33.7 Å². The van der Waals surface area contributed by atoms with Crippen molar-refractivity contribution >= 4 is 17.3 Å². The highest BCUT2D eigenvalue weighted by molar-refractivity contribution is 6.33. The summed E-state index contributed by atoms with van der Waals surface area (Å²) in [6.07, 6.45) is 0. The lowest BCUT2D eigenvalue weighted by atomic mass is 10.0. The first-order chi connectivity index (χ1) is 9.26. The lowest BCUT2D eigenvalue weighted by Gasteiger charge is -2.07. The Kier molecular flexibility index (Phi) is 2.64. The van der Waals surface area contributed by atoms with Gasteiger partial charge in [-0.05, 0) is 39.5 Å². The van der Waals surface area contributed by atoms with Crippen LogP contribution in [0.25, 0.3) is 11.4 Å². The van der Waals surface area contributed by atoms with Gasteiger partial charge in [0.2, 0.25) is 0 Å². The summed E-state index contributed by atoms with van der Waals surface area (Å²) < 4.78 is 1.91. The Morgan fingerprint density at radius 3 is 2.40 bits per heavy atom. The summed E-state index contributed by atoms with van der Waals surface area (Å²) in [5, 5.41) is 12.7. The van der Waals surface area contributed by atoms with Gasteiger partial charge in [0.25, 0.3) is 0 Å². The van der Waals surface area contributed by atoms with Crippen molar-refractivity contribution in [3.63, 3.8) is 0 Å². The maximum absolute atomic E-state index is 5.96. The summed E-state index contributed by atoms with van der Waals surface area (Å²) in [6, 6.07) is 5.75.